The monoisotopic (exact) mass is 364 g/mol. The highest BCUT2D eigenvalue weighted by Gasteiger charge is 2.15. The molecule has 4 nitrogen and oxygen atoms in total. The number of halogens is 2. The fourth-order valence-electron chi connectivity index (χ4n) is 2.23. The maximum Gasteiger partial charge on any atom is 0.226 e. The van der Waals surface area contributed by atoms with Crippen LogP contribution in [0.15, 0.2) is 42.5 Å². The fourth-order valence-corrected chi connectivity index (χ4v) is 2.72. The molecule has 0 spiro atoms. The van der Waals surface area contributed by atoms with Gasteiger partial charge in [0.2, 0.25) is 11.8 Å². The number of benzene rings is 2. The Morgan fingerprint density at radius 2 is 1.62 bits per heavy atom. The van der Waals surface area contributed by atoms with Crippen molar-refractivity contribution in [2.24, 2.45) is 0 Å². The highest BCUT2D eigenvalue weighted by atomic mass is 35.5. The minimum Gasteiger partial charge on any atom is -0.323 e. The lowest BCUT2D eigenvalue weighted by atomic mass is 10.2. The van der Waals surface area contributed by atoms with E-state index in [2.05, 4.69) is 5.32 Å². The van der Waals surface area contributed by atoms with Crippen LogP contribution >= 0.6 is 23.2 Å². The van der Waals surface area contributed by atoms with Gasteiger partial charge in [-0.15, -0.1) is 0 Å². The second kappa shape index (κ2) is 8.18. The third-order valence-electron chi connectivity index (χ3n) is 3.52. The van der Waals surface area contributed by atoms with E-state index in [-0.39, 0.29) is 24.8 Å². The van der Waals surface area contributed by atoms with Crippen molar-refractivity contribution in [1.29, 1.82) is 0 Å². The topological polar surface area (TPSA) is 49.4 Å². The Balaban J connectivity index is 2.03. The molecule has 0 aromatic heterocycles. The van der Waals surface area contributed by atoms with E-state index in [1.807, 2.05) is 31.2 Å². The molecule has 2 amide bonds. The molecule has 0 saturated heterocycles. The van der Waals surface area contributed by atoms with Crippen molar-refractivity contribution in [3.8, 4) is 0 Å². The number of aryl methyl sites for hydroxylation is 1. The molecule has 0 aliphatic rings. The largest absolute Gasteiger partial charge is 0.323 e. The van der Waals surface area contributed by atoms with Gasteiger partial charge in [0.25, 0.3) is 0 Å². The lowest BCUT2D eigenvalue weighted by Gasteiger charge is -2.21. The summed E-state index contributed by atoms with van der Waals surface area (Å²) in [6, 6.07) is 12.6. The fraction of sp³-hybridized carbons (Fsp3) is 0.222. The molecule has 0 radical (unpaired) electrons. The molecule has 126 valence electrons. The molecule has 24 heavy (non-hydrogen) atoms. The molecule has 0 aliphatic carbocycles. The molecular weight excluding hydrogens is 347 g/mol. The number of hydrogen-bond acceptors (Lipinski definition) is 2. The van der Waals surface area contributed by atoms with Crippen molar-refractivity contribution in [2.75, 3.05) is 16.8 Å². The van der Waals surface area contributed by atoms with Gasteiger partial charge in [-0.05, 0) is 31.2 Å². The van der Waals surface area contributed by atoms with E-state index in [4.69, 9.17) is 23.2 Å². The number of nitrogens with one attached hydrogen (secondary N) is 1. The number of hydrogen-bond donors (Lipinski definition) is 1. The van der Waals surface area contributed by atoms with Gasteiger partial charge >= 0.3 is 0 Å². The van der Waals surface area contributed by atoms with Crippen LogP contribution in [0.3, 0.4) is 0 Å². The summed E-state index contributed by atoms with van der Waals surface area (Å²) in [5.41, 5.74) is 2.25. The summed E-state index contributed by atoms with van der Waals surface area (Å²) in [5, 5.41) is 3.44. The molecule has 2 aromatic rings. The summed E-state index contributed by atoms with van der Waals surface area (Å²) in [4.78, 5) is 25.6. The number of carbonyl (C=O) groups excluding carboxylic acids is 2. The average molecular weight is 365 g/mol. The summed E-state index contributed by atoms with van der Waals surface area (Å²) in [5.74, 6) is -0.384. The van der Waals surface area contributed by atoms with Gasteiger partial charge in [-0.2, -0.15) is 0 Å². The Morgan fingerprint density at radius 3 is 2.17 bits per heavy atom. The minimum atomic E-state index is -0.261. The van der Waals surface area contributed by atoms with Crippen LogP contribution in [0.2, 0.25) is 10.0 Å². The van der Waals surface area contributed by atoms with Crippen molar-refractivity contribution in [2.45, 2.75) is 20.3 Å². The Morgan fingerprint density at radius 1 is 1.04 bits per heavy atom. The first-order chi connectivity index (χ1) is 11.4. The number of nitrogens with zero attached hydrogens (tertiary/aromatic N) is 1. The first-order valence-electron chi connectivity index (χ1n) is 7.47. The highest BCUT2D eigenvalue weighted by Crippen LogP contribution is 2.29. The Labute approximate surface area is 151 Å². The van der Waals surface area contributed by atoms with E-state index in [1.54, 1.807) is 23.1 Å². The summed E-state index contributed by atoms with van der Waals surface area (Å²) in [7, 11) is 0. The van der Waals surface area contributed by atoms with Crippen molar-refractivity contribution in [3.63, 3.8) is 0 Å². The second-order valence-electron chi connectivity index (χ2n) is 5.40. The van der Waals surface area contributed by atoms with Gasteiger partial charge < -0.3 is 10.2 Å². The zero-order chi connectivity index (χ0) is 17.7. The SMILES string of the molecule is CC(=O)N(CCC(=O)Nc1c(Cl)cccc1Cl)c1ccc(C)cc1. The van der Waals surface area contributed by atoms with Crippen LogP contribution in [-0.2, 0) is 9.59 Å². The number of carbonyl (C=O) groups is 2. The standard InChI is InChI=1S/C18H18Cl2N2O2/c1-12-6-8-14(9-7-12)22(13(2)23)11-10-17(24)21-18-15(19)4-3-5-16(18)20/h3-9H,10-11H2,1-2H3,(H,21,24). The maximum absolute atomic E-state index is 12.2. The third-order valence-corrected chi connectivity index (χ3v) is 4.15. The van der Waals surface area contributed by atoms with E-state index < -0.39 is 0 Å². The van der Waals surface area contributed by atoms with Crippen LogP contribution in [0.5, 0.6) is 0 Å². The van der Waals surface area contributed by atoms with E-state index in [1.165, 1.54) is 6.92 Å². The number of rotatable bonds is 5. The summed E-state index contributed by atoms with van der Waals surface area (Å²) in [6.45, 7) is 3.72. The first-order valence-corrected chi connectivity index (χ1v) is 8.22. The van der Waals surface area contributed by atoms with Gasteiger partial charge in [0, 0.05) is 25.6 Å². The quantitative estimate of drug-likeness (QED) is 0.836. The van der Waals surface area contributed by atoms with Gasteiger partial charge in [-0.25, -0.2) is 0 Å². The van der Waals surface area contributed by atoms with E-state index in [0.29, 0.717) is 15.7 Å². The van der Waals surface area contributed by atoms with Crippen LogP contribution in [0.4, 0.5) is 11.4 Å². The maximum atomic E-state index is 12.2. The molecule has 0 atom stereocenters. The summed E-state index contributed by atoms with van der Waals surface area (Å²) >= 11 is 12.1. The van der Waals surface area contributed by atoms with Crippen LogP contribution in [0.25, 0.3) is 0 Å². The predicted octanol–water partition coefficient (Wildman–Crippen LogP) is 4.68. The molecule has 2 aromatic carbocycles. The molecule has 0 fully saturated rings. The van der Waals surface area contributed by atoms with Gasteiger partial charge in [0.05, 0.1) is 15.7 Å². The van der Waals surface area contributed by atoms with Crippen LogP contribution in [0, 0.1) is 6.92 Å². The third kappa shape index (κ3) is 4.73. The zero-order valence-corrected chi connectivity index (χ0v) is 15.0. The van der Waals surface area contributed by atoms with Gasteiger partial charge in [-0.1, -0.05) is 47.0 Å². The smallest absolute Gasteiger partial charge is 0.226 e. The number of amides is 2. The minimum absolute atomic E-state index is 0.123. The van der Waals surface area contributed by atoms with Gasteiger partial charge in [-0.3, -0.25) is 9.59 Å². The molecule has 2 rings (SSSR count). The molecule has 0 saturated carbocycles. The molecule has 0 bridgehead atoms. The van der Waals surface area contributed by atoms with Crippen LogP contribution in [-0.4, -0.2) is 18.4 Å². The van der Waals surface area contributed by atoms with Crippen LogP contribution < -0.4 is 10.2 Å². The number of para-hydroxylation sites is 1. The lowest BCUT2D eigenvalue weighted by molar-refractivity contribution is -0.117. The molecule has 6 heteroatoms. The summed E-state index contributed by atoms with van der Waals surface area (Å²) in [6.07, 6.45) is 0.134. The van der Waals surface area contributed by atoms with Crippen molar-refractivity contribution in [1.82, 2.24) is 0 Å². The summed E-state index contributed by atoms with van der Waals surface area (Å²) < 4.78 is 0. The second-order valence-corrected chi connectivity index (χ2v) is 6.22. The highest BCUT2D eigenvalue weighted by molar-refractivity contribution is 6.39. The van der Waals surface area contributed by atoms with E-state index >= 15 is 0 Å². The van der Waals surface area contributed by atoms with E-state index in [9.17, 15) is 9.59 Å². The molecular formula is C18H18Cl2N2O2. The van der Waals surface area contributed by atoms with Crippen molar-refractivity contribution in [3.05, 3.63) is 58.1 Å². The number of anilines is 2. The van der Waals surface area contributed by atoms with Gasteiger partial charge in [0.15, 0.2) is 0 Å². The lowest BCUT2D eigenvalue weighted by Crippen LogP contribution is -2.32. The van der Waals surface area contributed by atoms with Gasteiger partial charge in [0.1, 0.15) is 0 Å². The molecule has 0 aliphatic heterocycles. The van der Waals surface area contributed by atoms with Crippen molar-refractivity contribution >= 4 is 46.4 Å². The molecule has 1 N–H and O–H groups in total. The molecule has 0 unspecified atom stereocenters. The predicted molar refractivity (Wildman–Crippen MR) is 98.9 cm³/mol. The molecule has 0 heterocycles. The Hall–Kier alpha value is -2.04. The normalized spacial score (nSPS) is 10.3. The Bertz CT molecular complexity index is 725. The van der Waals surface area contributed by atoms with Crippen LogP contribution in [0.1, 0.15) is 18.9 Å². The first kappa shape index (κ1) is 18.3. The van der Waals surface area contributed by atoms with E-state index in [0.717, 1.165) is 11.3 Å². The Kier molecular flexibility index (Phi) is 6.23. The average Bonchev–Trinajstić information content (AvgIpc) is 2.52. The van der Waals surface area contributed by atoms with Crippen molar-refractivity contribution < 1.29 is 9.59 Å². The zero-order valence-electron chi connectivity index (χ0n) is 13.5.